The van der Waals surface area contributed by atoms with Crippen molar-refractivity contribution in [3.05, 3.63) is 101 Å². The van der Waals surface area contributed by atoms with Gasteiger partial charge < -0.3 is 9.84 Å². The van der Waals surface area contributed by atoms with Crippen LogP contribution in [0.15, 0.2) is 78.4 Å². The molecule has 31 heavy (non-hydrogen) atoms. The Morgan fingerprint density at radius 3 is 2.29 bits per heavy atom. The van der Waals surface area contributed by atoms with E-state index in [2.05, 4.69) is 0 Å². The first-order valence-electron chi connectivity index (χ1n) is 10.0. The quantitative estimate of drug-likeness (QED) is 0.374. The number of aryl methyl sites for hydroxylation is 1. The molecular formula is C26H23NO4. The van der Waals surface area contributed by atoms with Crippen LogP contribution >= 0.6 is 0 Å². The van der Waals surface area contributed by atoms with E-state index in [1.54, 1.807) is 37.4 Å². The van der Waals surface area contributed by atoms with Crippen molar-refractivity contribution in [3.8, 4) is 5.75 Å². The predicted molar refractivity (Wildman–Crippen MR) is 120 cm³/mol. The zero-order valence-electron chi connectivity index (χ0n) is 17.6. The van der Waals surface area contributed by atoms with Crippen LogP contribution in [0.25, 0.3) is 5.76 Å². The molecule has 1 N–H and O–H groups in total. The monoisotopic (exact) mass is 413 g/mol. The number of methoxy groups -OCH3 is 1. The van der Waals surface area contributed by atoms with Crippen molar-refractivity contribution in [3.63, 3.8) is 0 Å². The normalized spacial score (nSPS) is 17.8. The second kappa shape index (κ2) is 8.11. The lowest BCUT2D eigenvalue weighted by atomic mass is 9.94. The van der Waals surface area contributed by atoms with E-state index in [-0.39, 0.29) is 11.3 Å². The summed E-state index contributed by atoms with van der Waals surface area (Å²) in [5, 5.41) is 11.1. The summed E-state index contributed by atoms with van der Waals surface area (Å²) in [6, 6.07) is 20.8. The third-order valence-electron chi connectivity index (χ3n) is 5.76. The number of Topliss-reactive ketones (excluding diaryl/α,β-unsaturated/α-hetero) is 1. The van der Waals surface area contributed by atoms with Crippen molar-refractivity contribution in [2.24, 2.45) is 0 Å². The summed E-state index contributed by atoms with van der Waals surface area (Å²) in [6.07, 6.45) is 0. The Morgan fingerprint density at radius 1 is 0.903 bits per heavy atom. The fourth-order valence-corrected chi connectivity index (χ4v) is 4.02. The molecule has 0 radical (unpaired) electrons. The molecule has 0 bridgehead atoms. The van der Waals surface area contributed by atoms with Gasteiger partial charge in [-0.1, -0.05) is 60.7 Å². The maximum absolute atomic E-state index is 13.3. The van der Waals surface area contributed by atoms with Gasteiger partial charge in [-0.15, -0.1) is 0 Å². The number of aliphatic hydroxyl groups excluding tert-OH is 1. The number of hydrogen-bond acceptors (Lipinski definition) is 4. The van der Waals surface area contributed by atoms with Gasteiger partial charge in [0.25, 0.3) is 11.7 Å². The Labute approximate surface area is 181 Å². The maximum Gasteiger partial charge on any atom is 0.300 e. The first-order valence-corrected chi connectivity index (χ1v) is 10.0. The average molecular weight is 413 g/mol. The van der Waals surface area contributed by atoms with Crippen molar-refractivity contribution < 1.29 is 19.4 Å². The molecule has 1 aliphatic rings. The highest BCUT2D eigenvalue weighted by Crippen LogP contribution is 2.45. The molecule has 1 saturated heterocycles. The molecule has 0 saturated carbocycles. The Bertz CT molecular complexity index is 1200. The van der Waals surface area contributed by atoms with E-state index in [1.165, 1.54) is 4.90 Å². The summed E-state index contributed by atoms with van der Waals surface area (Å²) in [5.74, 6) is -1.08. The third-order valence-corrected chi connectivity index (χ3v) is 5.76. The number of nitrogens with zero attached hydrogens (tertiary/aromatic N) is 1. The Balaban J connectivity index is 2.03. The van der Waals surface area contributed by atoms with Gasteiger partial charge in [-0.2, -0.15) is 0 Å². The topological polar surface area (TPSA) is 66.8 Å². The molecule has 1 atom stereocenters. The zero-order chi connectivity index (χ0) is 22.1. The van der Waals surface area contributed by atoms with E-state index in [9.17, 15) is 14.7 Å². The maximum atomic E-state index is 13.3. The van der Waals surface area contributed by atoms with Crippen LogP contribution in [0.5, 0.6) is 5.75 Å². The molecule has 1 heterocycles. The Kier molecular flexibility index (Phi) is 5.34. The van der Waals surface area contributed by atoms with E-state index < -0.39 is 17.7 Å². The van der Waals surface area contributed by atoms with Crippen molar-refractivity contribution in [2.45, 2.75) is 19.9 Å². The van der Waals surface area contributed by atoms with Gasteiger partial charge in [-0.05, 0) is 37.1 Å². The number of rotatable bonds is 4. The van der Waals surface area contributed by atoms with Crippen molar-refractivity contribution in [2.75, 3.05) is 12.0 Å². The Morgan fingerprint density at radius 2 is 1.58 bits per heavy atom. The van der Waals surface area contributed by atoms with Crippen LogP contribution in [-0.2, 0) is 9.59 Å². The van der Waals surface area contributed by atoms with Gasteiger partial charge in [0.15, 0.2) is 0 Å². The fourth-order valence-electron chi connectivity index (χ4n) is 4.02. The molecule has 1 fully saturated rings. The lowest BCUT2D eigenvalue weighted by Gasteiger charge is -2.28. The third kappa shape index (κ3) is 3.38. The Hall–Kier alpha value is -3.86. The van der Waals surface area contributed by atoms with E-state index in [1.807, 2.05) is 56.3 Å². The van der Waals surface area contributed by atoms with Gasteiger partial charge in [0.2, 0.25) is 0 Å². The molecule has 156 valence electrons. The smallest absolute Gasteiger partial charge is 0.300 e. The predicted octanol–water partition coefficient (Wildman–Crippen LogP) is 4.94. The van der Waals surface area contributed by atoms with Crippen molar-refractivity contribution in [1.82, 2.24) is 0 Å². The van der Waals surface area contributed by atoms with Crippen LogP contribution in [0.4, 0.5) is 5.69 Å². The number of benzene rings is 3. The number of aliphatic hydroxyl groups is 1. The van der Waals surface area contributed by atoms with Crippen LogP contribution in [-0.4, -0.2) is 23.9 Å². The summed E-state index contributed by atoms with van der Waals surface area (Å²) >= 11 is 0. The highest BCUT2D eigenvalue weighted by molar-refractivity contribution is 6.51. The van der Waals surface area contributed by atoms with Gasteiger partial charge in [-0.3, -0.25) is 14.5 Å². The molecule has 0 aromatic heterocycles. The van der Waals surface area contributed by atoms with E-state index in [4.69, 9.17) is 4.74 Å². The van der Waals surface area contributed by atoms with E-state index >= 15 is 0 Å². The summed E-state index contributed by atoms with van der Waals surface area (Å²) in [7, 11) is 1.54. The van der Waals surface area contributed by atoms with Crippen LogP contribution < -0.4 is 9.64 Å². The highest BCUT2D eigenvalue weighted by Gasteiger charge is 2.48. The SMILES string of the molecule is COc1ccccc1C1/C(=C(\O)c2ccccc2)C(=O)C(=O)N1c1cccc(C)c1C. The molecule has 3 aromatic carbocycles. The molecule has 5 heteroatoms. The van der Waals surface area contributed by atoms with Gasteiger partial charge >= 0.3 is 0 Å². The molecule has 0 aliphatic carbocycles. The van der Waals surface area contributed by atoms with Crippen molar-refractivity contribution >= 4 is 23.1 Å². The van der Waals surface area contributed by atoms with Crippen LogP contribution in [0.3, 0.4) is 0 Å². The molecule has 1 amide bonds. The summed E-state index contributed by atoms with van der Waals surface area (Å²) in [5.41, 5.74) is 3.67. The minimum atomic E-state index is -0.822. The molecule has 5 nitrogen and oxygen atoms in total. The van der Waals surface area contributed by atoms with Crippen LogP contribution in [0.2, 0.25) is 0 Å². The van der Waals surface area contributed by atoms with Gasteiger partial charge in [-0.25, -0.2) is 0 Å². The number of ether oxygens (including phenoxy) is 1. The minimum absolute atomic E-state index is 0.0432. The lowest BCUT2D eigenvalue weighted by molar-refractivity contribution is -0.132. The highest BCUT2D eigenvalue weighted by atomic mass is 16.5. The number of anilines is 1. The number of ketones is 1. The van der Waals surface area contributed by atoms with Crippen LogP contribution in [0, 0.1) is 13.8 Å². The summed E-state index contributed by atoms with van der Waals surface area (Å²) in [6.45, 7) is 3.87. The molecular weight excluding hydrogens is 390 g/mol. The zero-order valence-corrected chi connectivity index (χ0v) is 17.6. The molecule has 0 spiro atoms. The second-order valence-electron chi connectivity index (χ2n) is 7.50. The number of hydrogen-bond donors (Lipinski definition) is 1. The molecule has 3 aromatic rings. The van der Waals surface area contributed by atoms with Gasteiger partial charge in [0.05, 0.1) is 18.7 Å². The first-order chi connectivity index (χ1) is 15.0. The molecule has 1 unspecified atom stereocenters. The summed E-state index contributed by atoms with van der Waals surface area (Å²) in [4.78, 5) is 28.0. The summed E-state index contributed by atoms with van der Waals surface area (Å²) < 4.78 is 5.55. The second-order valence-corrected chi connectivity index (χ2v) is 7.50. The largest absolute Gasteiger partial charge is 0.507 e. The standard InChI is InChI=1S/C26H23NO4/c1-16-10-9-14-20(17(16)2)27-23(19-13-7-8-15-21(19)31-3)22(25(29)26(27)30)24(28)18-11-5-4-6-12-18/h4-15,23,28H,1-3H3/b24-22+. The number of carbonyl (C=O) groups is 2. The van der Waals surface area contributed by atoms with Gasteiger partial charge in [0, 0.05) is 16.8 Å². The molecule has 1 aliphatic heterocycles. The lowest BCUT2D eigenvalue weighted by Crippen LogP contribution is -2.30. The van der Waals surface area contributed by atoms with E-state index in [0.717, 1.165) is 11.1 Å². The number of carbonyl (C=O) groups excluding carboxylic acids is 2. The molecule has 4 rings (SSSR count). The minimum Gasteiger partial charge on any atom is -0.507 e. The van der Waals surface area contributed by atoms with Crippen LogP contribution in [0.1, 0.15) is 28.3 Å². The number of amides is 1. The number of para-hydroxylation sites is 1. The van der Waals surface area contributed by atoms with Crippen molar-refractivity contribution in [1.29, 1.82) is 0 Å². The fraction of sp³-hybridized carbons (Fsp3) is 0.154. The first kappa shape index (κ1) is 20.4. The van der Waals surface area contributed by atoms with E-state index in [0.29, 0.717) is 22.6 Å². The van der Waals surface area contributed by atoms with Gasteiger partial charge in [0.1, 0.15) is 11.5 Å². The average Bonchev–Trinajstić information content (AvgIpc) is 3.06.